The van der Waals surface area contributed by atoms with Crippen LogP contribution in [0.1, 0.15) is 56.1 Å². The molecule has 2 unspecified atom stereocenters. The maximum Gasteiger partial charge on any atom is 0.418 e. The van der Waals surface area contributed by atoms with Crippen molar-refractivity contribution in [3.8, 4) is 16.9 Å². The molecule has 2 fully saturated rings. The highest BCUT2D eigenvalue weighted by molar-refractivity contribution is 6.33. The van der Waals surface area contributed by atoms with E-state index < -0.39 is 11.7 Å². The lowest BCUT2D eigenvalue weighted by Gasteiger charge is -2.21. The molecule has 3 nitrogen and oxygen atoms in total. The van der Waals surface area contributed by atoms with Crippen LogP contribution in [0.25, 0.3) is 11.1 Å². The van der Waals surface area contributed by atoms with Crippen molar-refractivity contribution in [3.63, 3.8) is 0 Å². The summed E-state index contributed by atoms with van der Waals surface area (Å²) in [6.07, 6.45) is -1.26. The molecular weight excluding hydrogens is 441 g/mol. The molecule has 0 amide bonds. The molecule has 2 aliphatic rings. The maximum atomic E-state index is 14.2. The molecule has 0 radical (unpaired) electrons. The molecule has 0 saturated heterocycles. The van der Waals surface area contributed by atoms with E-state index in [1.54, 1.807) is 13.0 Å². The summed E-state index contributed by atoms with van der Waals surface area (Å²) < 4.78 is 53.3. The largest absolute Gasteiger partial charge is 0.491 e. The van der Waals surface area contributed by atoms with Crippen molar-refractivity contribution < 1.29 is 27.4 Å². The van der Waals surface area contributed by atoms with E-state index in [-0.39, 0.29) is 40.6 Å². The van der Waals surface area contributed by atoms with E-state index in [1.807, 2.05) is 30.3 Å². The first-order chi connectivity index (χ1) is 15.3. The number of hydrogen-bond acceptors (Lipinski definition) is 3. The monoisotopic (exact) mass is 466 g/mol. The van der Waals surface area contributed by atoms with E-state index in [0.717, 1.165) is 18.4 Å². The van der Waals surface area contributed by atoms with E-state index >= 15 is 0 Å². The minimum Gasteiger partial charge on any atom is -0.491 e. The summed E-state index contributed by atoms with van der Waals surface area (Å²) in [7, 11) is 0. The molecule has 172 valence electrons. The number of esters is 1. The van der Waals surface area contributed by atoms with Gasteiger partial charge in [0.15, 0.2) is 0 Å². The van der Waals surface area contributed by atoms with Crippen molar-refractivity contribution in [1.82, 2.24) is 0 Å². The third kappa shape index (κ3) is 5.22. The van der Waals surface area contributed by atoms with Gasteiger partial charge in [0.25, 0.3) is 0 Å². The summed E-state index contributed by atoms with van der Waals surface area (Å²) in [4.78, 5) is 11.7. The van der Waals surface area contributed by atoms with E-state index in [0.29, 0.717) is 37.5 Å². The number of rotatable bonds is 9. The average molecular weight is 467 g/mol. The molecular formula is C25H26ClF3O3. The Bertz CT molecular complexity index is 971. The molecule has 0 aliphatic heterocycles. The van der Waals surface area contributed by atoms with Crippen molar-refractivity contribution in [3.05, 3.63) is 52.5 Å². The van der Waals surface area contributed by atoms with Crippen LogP contribution in [0.5, 0.6) is 5.75 Å². The molecule has 0 spiro atoms. The molecule has 2 aliphatic carbocycles. The number of hydrogen-bond donors (Lipinski definition) is 0. The second-order valence-electron chi connectivity index (χ2n) is 8.60. The maximum absolute atomic E-state index is 14.2. The van der Waals surface area contributed by atoms with Crippen molar-refractivity contribution in [2.75, 3.05) is 13.2 Å². The van der Waals surface area contributed by atoms with Gasteiger partial charge in [0.05, 0.1) is 23.8 Å². The van der Waals surface area contributed by atoms with Gasteiger partial charge in [-0.05, 0) is 67.6 Å². The molecule has 0 aromatic heterocycles. The minimum absolute atomic E-state index is 0.00146. The SMILES string of the molecule is CCOC(=O)CCC1CC1c1cc(-c2ccccc2)c(OCC2CC2)c(Cl)c1C(F)(F)F. The number of halogens is 4. The van der Waals surface area contributed by atoms with Crippen molar-refractivity contribution >= 4 is 17.6 Å². The van der Waals surface area contributed by atoms with Gasteiger partial charge in [-0.1, -0.05) is 41.9 Å². The molecule has 2 aromatic rings. The number of ether oxygens (including phenoxy) is 2. The van der Waals surface area contributed by atoms with Gasteiger partial charge in [0, 0.05) is 12.0 Å². The molecule has 2 aromatic carbocycles. The molecule has 4 rings (SSSR count). The Kier molecular flexibility index (Phi) is 6.70. The van der Waals surface area contributed by atoms with Crippen LogP contribution in [0.3, 0.4) is 0 Å². The van der Waals surface area contributed by atoms with Crippen LogP contribution in [0, 0.1) is 11.8 Å². The summed E-state index contributed by atoms with van der Waals surface area (Å²) in [6.45, 7) is 2.39. The van der Waals surface area contributed by atoms with Crippen LogP contribution in [-0.2, 0) is 15.7 Å². The number of benzene rings is 2. The Morgan fingerprint density at radius 1 is 1.19 bits per heavy atom. The first-order valence-corrected chi connectivity index (χ1v) is 11.4. The Labute approximate surface area is 190 Å². The number of carbonyl (C=O) groups is 1. The second-order valence-corrected chi connectivity index (χ2v) is 8.97. The Hall–Kier alpha value is -2.21. The summed E-state index contributed by atoms with van der Waals surface area (Å²) in [5.41, 5.74) is 0.719. The van der Waals surface area contributed by atoms with E-state index in [9.17, 15) is 18.0 Å². The standard InChI is InChI=1S/C25H26ClF3O3/c1-2-31-21(30)11-10-17-12-18(17)20-13-19(16-6-4-3-5-7-16)24(32-14-15-8-9-15)23(26)22(20)25(27,28)29/h3-7,13,15,17-18H,2,8-12,14H2,1H3. The zero-order valence-corrected chi connectivity index (χ0v) is 18.6. The third-order valence-electron chi connectivity index (χ3n) is 6.13. The topological polar surface area (TPSA) is 35.5 Å². The van der Waals surface area contributed by atoms with Crippen LogP contribution in [0.15, 0.2) is 36.4 Å². The Morgan fingerprint density at radius 2 is 1.91 bits per heavy atom. The van der Waals surface area contributed by atoms with Crippen molar-refractivity contribution in [1.29, 1.82) is 0 Å². The van der Waals surface area contributed by atoms with E-state index in [2.05, 4.69) is 0 Å². The fraction of sp³-hybridized carbons (Fsp3) is 0.480. The smallest absolute Gasteiger partial charge is 0.418 e. The van der Waals surface area contributed by atoms with Crippen LogP contribution >= 0.6 is 11.6 Å². The predicted molar refractivity (Wildman–Crippen MR) is 117 cm³/mol. The molecule has 0 N–H and O–H groups in total. The fourth-order valence-corrected chi connectivity index (χ4v) is 4.55. The molecule has 2 atom stereocenters. The summed E-state index contributed by atoms with van der Waals surface area (Å²) in [5, 5.41) is -0.370. The molecule has 2 saturated carbocycles. The van der Waals surface area contributed by atoms with Gasteiger partial charge < -0.3 is 9.47 Å². The highest BCUT2D eigenvalue weighted by Crippen LogP contribution is 2.57. The van der Waals surface area contributed by atoms with Gasteiger partial charge in [-0.3, -0.25) is 4.79 Å². The van der Waals surface area contributed by atoms with Crippen molar-refractivity contribution in [2.24, 2.45) is 11.8 Å². The van der Waals surface area contributed by atoms with Crippen LogP contribution in [0.2, 0.25) is 5.02 Å². The first kappa shape index (κ1) is 23.0. The normalized spacial score (nSPS) is 20.2. The van der Waals surface area contributed by atoms with Gasteiger partial charge in [0.1, 0.15) is 5.75 Å². The summed E-state index contributed by atoms with van der Waals surface area (Å²) in [6, 6.07) is 10.8. The predicted octanol–water partition coefficient (Wildman–Crippen LogP) is 7.26. The lowest BCUT2D eigenvalue weighted by Crippen LogP contribution is -2.13. The zero-order chi connectivity index (χ0) is 22.9. The van der Waals surface area contributed by atoms with Crippen LogP contribution in [0.4, 0.5) is 13.2 Å². The van der Waals surface area contributed by atoms with Gasteiger partial charge in [-0.15, -0.1) is 0 Å². The molecule has 0 bridgehead atoms. The second kappa shape index (κ2) is 9.34. The zero-order valence-electron chi connectivity index (χ0n) is 17.9. The summed E-state index contributed by atoms with van der Waals surface area (Å²) in [5.74, 6) is -0.137. The minimum atomic E-state index is -4.60. The fourth-order valence-electron chi connectivity index (χ4n) is 4.18. The van der Waals surface area contributed by atoms with E-state index in [1.165, 1.54) is 0 Å². The highest BCUT2D eigenvalue weighted by atomic mass is 35.5. The molecule has 7 heteroatoms. The van der Waals surface area contributed by atoms with Crippen LogP contribution in [-0.4, -0.2) is 19.2 Å². The van der Waals surface area contributed by atoms with Gasteiger partial charge >= 0.3 is 12.1 Å². The Balaban J connectivity index is 1.70. The third-order valence-corrected chi connectivity index (χ3v) is 6.49. The molecule has 0 heterocycles. The van der Waals surface area contributed by atoms with Crippen molar-refractivity contribution in [2.45, 2.75) is 51.1 Å². The highest BCUT2D eigenvalue weighted by Gasteiger charge is 2.47. The van der Waals surface area contributed by atoms with Gasteiger partial charge in [0.2, 0.25) is 0 Å². The quantitative estimate of drug-likeness (QED) is 0.365. The van der Waals surface area contributed by atoms with Gasteiger partial charge in [-0.2, -0.15) is 13.2 Å². The Morgan fingerprint density at radius 3 is 2.53 bits per heavy atom. The lowest BCUT2D eigenvalue weighted by molar-refractivity contribution is -0.143. The summed E-state index contributed by atoms with van der Waals surface area (Å²) >= 11 is 6.43. The number of alkyl halides is 3. The van der Waals surface area contributed by atoms with Crippen LogP contribution < -0.4 is 4.74 Å². The van der Waals surface area contributed by atoms with Gasteiger partial charge in [-0.25, -0.2) is 0 Å². The van der Waals surface area contributed by atoms with E-state index in [4.69, 9.17) is 21.1 Å². The number of carbonyl (C=O) groups excluding carboxylic acids is 1. The first-order valence-electron chi connectivity index (χ1n) is 11.1. The lowest BCUT2D eigenvalue weighted by atomic mass is 9.93. The molecule has 32 heavy (non-hydrogen) atoms. The average Bonchev–Trinajstić information content (AvgIpc) is 3.66.